The van der Waals surface area contributed by atoms with Crippen molar-refractivity contribution in [3.05, 3.63) is 0 Å². The summed E-state index contributed by atoms with van der Waals surface area (Å²) in [6, 6.07) is 0. The van der Waals surface area contributed by atoms with E-state index in [4.69, 9.17) is 14.6 Å². The number of aliphatic hydroxyl groups is 1. The summed E-state index contributed by atoms with van der Waals surface area (Å²) in [5, 5.41) is 8.63. The minimum Gasteiger partial charge on any atom is -0.435 e. The fourth-order valence-corrected chi connectivity index (χ4v) is 1.60. The van der Waals surface area contributed by atoms with Crippen LogP contribution in [0.2, 0.25) is 0 Å². The van der Waals surface area contributed by atoms with Gasteiger partial charge in [-0.15, -0.1) is 11.8 Å². The van der Waals surface area contributed by atoms with Crippen LogP contribution in [0.25, 0.3) is 0 Å². The molecule has 0 aliphatic carbocycles. The van der Waals surface area contributed by atoms with Gasteiger partial charge in [-0.05, 0) is 0 Å². The summed E-state index contributed by atoms with van der Waals surface area (Å²) >= 11 is 1.44. The second-order valence-corrected chi connectivity index (χ2v) is 3.31. The van der Waals surface area contributed by atoms with Crippen LogP contribution in [0.1, 0.15) is 6.92 Å². The molecular weight excluding hydrogens is 168 g/mol. The zero-order valence-corrected chi connectivity index (χ0v) is 6.97. The second kappa shape index (κ2) is 3.94. The second-order valence-electron chi connectivity index (χ2n) is 2.12. The van der Waals surface area contributed by atoms with Gasteiger partial charge in [-0.1, -0.05) is 0 Å². The molecule has 1 aliphatic rings. The maximum absolute atomic E-state index is 10.4. The maximum atomic E-state index is 10.4. The van der Waals surface area contributed by atoms with Crippen molar-refractivity contribution >= 4 is 17.7 Å². The van der Waals surface area contributed by atoms with E-state index in [1.165, 1.54) is 18.7 Å². The van der Waals surface area contributed by atoms with E-state index >= 15 is 0 Å². The van der Waals surface area contributed by atoms with Crippen molar-refractivity contribution in [3.8, 4) is 0 Å². The third kappa shape index (κ3) is 2.69. The lowest BCUT2D eigenvalue weighted by atomic mass is 10.7. The zero-order valence-electron chi connectivity index (χ0n) is 6.15. The molecule has 1 rings (SSSR count). The van der Waals surface area contributed by atoms with Gasteiger partial charge in [0.1, 0.15) is 5.44 Å². The van der Waals surface area contributed by atoms with Gasteiger partial charge in [0.2, 0.25) is 6.29 Å². The Morgan fingerprint density at radius 1 is 1.91 bits per heavy atom. The lowest BCUT2D eigenvalue weighted by Gasteiger charge is -2.09. The molecule has 0 aromatic heterocycles. The standard InChI is InChI=1S/C6H10O4S/c1-4(8)9-5-3-11-6(2-7)10-5/h5-7H,2-3H2,1H3/t5-,6+/m1/s1. The van der Waals surface area contributed by atoms with Gasteiger partial charge in [0.15, 0.2) is 0 Å². The van der Waals surface area contributed by atoms with Crippen LogP contribution < -0.4 is 0 Å². The van der Waals surface area contributed by atoms with Crippen LogP contribution in [0.4, 0.5) is 0 Å². The van der Waals surface area contributed by atoms with E-state index in [0.29, 0.717) is 5.75 Å². The Morgan fingerprint density at radius 2 is 2.64 bits per heavy atom. The van der Waals surface area contributed by atoms with E-state index in [1.807, 2.05) is 0 Å². The molecule has 11 heavy (non-hydrogen) atoms. The molecule has 0 aromatic carbocycles. The normalized spacial score (nSPS) is 30.4. The lowest BCUT2D eigenvalue weighted by Crippen LogP contribution is -2.20. The van der Waals surface area contributed by atoms with E-state index in [-0.39, 0.29) is 18.0 Å². The van der Waals surface area contributed by atoms with Crippen molar-refractivity contribution in [2.24, 2.45) is 0 Å². The van der Waals surface area contributed by atoms with Crippen molar-refractivity contribution < 1.29 is 19.4 Å². The van der Waals surface area contributed by atoms with Crippen LogP contribution in [-0.4, -0.2) is 35.2 Å². The van der Waals surface area contributed by atoms with Gasteiger partial charge >= 0.3 is 5.97 Å². The van der Waals surface area contributed by atoms with Crippen LogP contribution in [0.15, 0.2) is 0 Å². The maximum Gasteiger partial charge on any atom is 0.304 e. The van der Waals surface area contributed by atoms with E-state index < -0.39 is 6.29 Å². The predicted octanol–water partition coefficient (Wildman–Crippen LogP) is -0.0426. The number of hydrogen-bond acceptors (Lipinski definition) is 5. The Balaban J connectivity index is 2.24. The highest BCUT2D eigenvalue weighted by molar-refractivity contribution is 8.00. The zero-order chi connectivity index (χ0) is 8.27. The summed E-state index contributed by atoms with van der Waals surface area (Å²) < 4.78 is 9.84. The van der Waals surface area contributed by atoms with Crippen LogP contribution in [0, 0.1) is 0 Å². The van der Waals surface area contributed by atoms with Crippen molar-refractivity contribution in [3.63, 3.8) is 0 Å². The SMILES string of the molecule is CC(=O)O[C@H]1CS[C@@H](CO)O1. The highest BCUT2D eigenvalue weighted by atomic mass is 32.2. The molecule has 0 saturated carbocycles. The number of esters is 1. The molecule has 0 amide bonds. The number of hydrogen-bond donors (Lipinski definition) is 1. The predicted molar refractivity (Wildman–Crippen MR) is 40.0 cm³/mol. The number of rotatable bonds is 2. The Bertz CT molecular complexity index is 150. The molecule has 0 radical (unpaired) electrons. The summed E-state index contributed by atoms with van der Waals surface area (Å²) in [5.74, 6) is 0.249. The number of aliphatic hydroxyl groups excluding tert-OH is 1. The first-order valence-corrected chi connectivity index (χ1v) is 4.32. The van der Waals surface area contributed by atoms with Gasteiger partial charge in [-0.3, -0.25) is 4.79 Å². The largest absolute Gasteiger partial charge is 0.435 e. The smallest absolute Gasteiger partial charge is 0.304 e. The molecule has 1 heterocycles. The first-order chi connectivity index (χ1) is 5.22. The first kappa shape index (κ1) is 8.83. The first-order valence-electron chi connectivity index (χ1n) is 3.27. The topological polar surface area (TPSA) is 55.8 Å². The van der Waals surface area contributed by atoms with Crippen molar-refractivity contribution in [2.45, 2.75) is 18.6 Å². The van der Waals surface area contributed by atoms with Crippen molar-refractivity contribution in [1.29, 1.82) is 0 Å². The van der Waals surface area contributed by atoms with E-state index in [1.54, 1.807) is 0 Å². The summed E-state index contributed by atoms with van der Waals surface area (Å²) in [5.41, 5.74) is -0.237. The molecule has 0 bridgehead atoms. The Kier molecular flexibility index (Phi) is 3.16. The number of carbonyl (C=O) groups is 1. The molecule has 5 heteroatoms. The molecule has 1 aliphatic heterocycles. The molecule has 1 fully saturated rings. The molecule has 0 spiro atoms. The minimum absolute atomic E-state index is 0.0393. The van der Waals surface area contributed by atoms with Crippen LogP contribution in [0.5, 0.6) is 0 Å². The number of thioether (sulfide) groups is 1. The van der Waals surface area contributed by atoms with Crippen LogP contribution >= 0.6 is 11.8 Å². The highest BCUT2D eigenvalue weighted by Crippen LogP contribution is 2.25. The fourth-order valence-electron chi connectivity index (χ4n) is 0.776. The van der Waals surface area contributed by atoms with Crippen LogP contribution in [-0.2, 0) is 14.3 Å². The third-order valence-electron chi connectivity index (χ3n) is 1.17. The van der Waals surface area contributed by atoms with E-state index in [0.717, 1.165) is 0 Å². The van der Waals surface area contributed by atoms with Crippen LogP contribution in [0.3, 0.4) is 0 Å². The summed E-state index contributed by atoms with van der Waals surface area (Å²) in [4.78, 5) is 10.4. The summed E-state index contributed by atoms with van der Waals surface area (Å²) in [7, 11) is 0. The molecule has 0 aromatic rings. The molecule has 2 atom stereocenters. The summed E-state index contributed by atoms with van der Waals surface area (Å²) in [6.07, 6.45) is -0.477. The number of ether oxygens (including phenoxy) is 2. The van der Waals surface area contributed by atoms with Crippen molar-refractivity contribution in [1.82, 2.24) is 0 Å². The average Bonchev–Trinajstić information content (AvgIpc) is 2.34. The average molecular weight is 178 g/mol. The Labute approximate surface area is 68.9 Å². The van der Waals surface area contributed by atoms with E-state index in [9.17, 15) is 4.79 Å². The van der Waals surface area contributed by atoms with Gasteiger partial charge in [0, 0.05) is 6.92 Å². The van der Waals surface area contributed by atoms with Gasteiger partial charge < -0.3 is 14.6 Å². The van der Waals surface area contributed by atoms with Gasteiger partial charge in [0.25, 0.3) is 0 Å². The lowest BCUT2D eigenvalue weighted by molar-refractivity contribution is -0.171. The molecule has 0 unspecified atom stereocenters. The molecule has 1 saturated heterocycles. The number of carbonyl (C=O) groups excluding carboxylic acids is 1. The quantitative estimate of drug-likeness (QED) is 0.601. The third-order valence-corrected chi connectivity index (χ3v) is 2.26. The molecule has 1 N–H and O–H groups in total. The van der Waals surface area contributed by atoms with Gasteiger partial charge in [0.05, 0.1) is 12.4 Å². The van der Waals surface area contributed by atoms with Gasteiger partial charge in [-0.2, -0.15) is 0 Å². The fraction of sp³-hybridized carbons (Fsp3) is 0.833. The Hall–Kier alpha value is -0.260. The monoisotopic (exact) mass is 178 g/mol. The molecule has 4 nitrogen and oxygen atoms in total. The Morgan fingerprint density at radius 3 is 3.09 bits per heavy atom. The minimum atomic E-state index is -0.477. The molecule has 64 valence electrons. The van der Waals surface area contributed by atoms with E-state index in [2.05, 4.69) is 0 Å². The molecular formula is C6H10O4S. The summed E-state index contributed by atoms with van der Waals surface area (Å²) in [6.45, 7) is 1.29. The van der Waals surface area contributed by atoms with Gasteiger partial charge in [-0.25, -0.2) is 0 Å². The highest BCUT2D eigenvalue weighted by Gasteiger charge is 2.26. The van der Waals surface area contributed by atoms with Crippen molar-refractivity contribution in [2.75, 3.05) is 12.4 Å².